The molecule has 0 amide bonds. The van der Waals surface area contributed by atoms with Crippen LogP contribution in [0.3, 0.4) is 0 Å². The minimum Gasteiger partial charge on any atom is -0.462 e. The molecule has 0 aliphatic heterocycles. The number of aliphatic hydroxyl groups excluding tert-OH is 1. The van der Waals surface area contributed by atoms with E-state index in [-0.39, 0.29) is 25.7 Å². The number of esters is 4. The van der Waals surface area contributed by atoms with Crippen molar-refractivity contribution in [1.82, 2.24) is 0 Å². The number of aliphatic hydroxyl groups is 1. The molecule has 0 aliphatic carbocycles. The maximum atomic E-state index is 13.1. The van der Waals surface area contributed by atoms with Crippen LogP contribution in [0, 0.1) is 11.8 Å². The van der Waals surface area contributed by atoms with Crippen molar-refractivity contribution in [2.75, 3.05) is 39.6 Å². The van der Waals surface area contributed by atoms with Crippen LogP contribution in [-0.2, 0) is 65.4 Å². The Hall–Kier alpha value is -1.94. The Kier molecular flexibility index (Phi) is 73.1. The molecule has 0 radical (unpaired) electrons. The van der Waals surface area contributed by atoms with Gasteiger partial charge in [0, 0.05) is 25.7 Å². The highest BCUT2D eigenvalue weighted by molar-refractivity contribution is 7.47. The van der Waals surface area contributed by atoms with Gasteiger partial charge in [0.1, 0.15) is 19.3 Å². The molecule has 17 nitrogen and oxygen atoms in total. The number of rotatable bonds is 82. The summed E-state index contributed by atoms with van der Waals surface area (Å²) in [6, 6.07) is 0. The average molecular weight is 1490 g/mol. The zero-order valence-corrected chi connectivity index (χ0v) is 68.7. The quantitative estimate of drug-likeness (QED) is 0.0222. The molecule has 2 unspecified atom stereocenters. The molecule has 0 aromatic carbocycles. The van der Waals surface area contributed by atoms with Crippen molar-refractivity contribution >= 4 is 39.5 Å². The van der Waals surface area contributed by atoms with Gasteiger partial charge in [0.25, 0.3) is 0 Å². The SMILES string of the molecule is CCCCCCCCCCCCCCCCCCCCCCCC(=O)OC[C@H](COP(=O)(O)OC[C@@H](O)COP(=O)(O)OC[C@@H](COC(=O)CCCCCCCCCC(C)C)OC(=O)CCCCCCCCCC(C)C)OC(=O)CCCCCCCCCCCCCCCCCCCCCCC. The molecule has 0 saturated carbocycles. The monoisotopic (exact) mass is 1490 g/mol. The van der Waals surface area contributed by atoms with Crippen LogP contribution in [0.5, 0.6) is 0 Å². The lowest BCUT2D eigenvalue weighted by Gasteiger charge is -2.21. The summed E-state index contributed by atoms with van der Waals surface area (Å²) in [5.41, 5.74) is 0. The highest BCUT2D eigenvalue weighted by Crippen LogP contribution is 2.45. The van der Waals surface area contributed by atoms with Gasteiger partial charge in [-0.3, -0.25) is 37.3 Å². The van der Waals surface area contributed by atoms with E-state index < -0.39 is 97.5 Å². The van der Waals surface area contributed by atoms with E-state index >= 15 is 0 Å². The number of phosphoric ester groups is 2. The first-order chi connectivity index (χ1) is 49.4. The van der Waals surface area contributed by atoms with E-state index in [0.29, 0.717) is 37.5 Å². The van der Waals surface area contributed by atoms with Crippen LogP contribution in [0.1, 0.15) is 440 Å². The van der Waals surface area contributed by atoms with Gasteiger partial charge in [-0.05, 0) is 37.5 Å². The fourth-order valence-corrected chi connectivity index (χ4v) is 14.5. The molecule has 5 atom stereocenters. The van der Waals surface area contributed by atoms with Crippen LogP contribution in [0.4, 0.5) is 0 Å². The summed E-state index contributed by atoms with van der Waals surface area (Å²) in [4.78, 5) is 73.0. The molecule has 0 aromatic rings. The van der Waals surface area contributed by atoms with Crippen molar-refractivity contribution in [1.29, 1.82) is 0 Å². The third-order valence-electron chi connectivity index (χ3n) is 19.5. The van der Waals surface area contributed by atoms with Gasteiger partial charge < -0.3 is 33.8 Å². The molecule has 0 spiro atoms. The van der Waals surface area contributed by atoms with Crippen molar-refractivity contribution in [3.05, 3.63) is 0 Å². The summed E-state index contributed by atoms with van der Waals surface area (Å²) >= 11 is 0. The van der Waals surface area contributed by atoms with Gasteiger partial charge >= 0.3 is 39.5 Å². The second-order valence-electron chi connectivity index (χ2n) is 30.8. The van der Waals surface area contributed by atoms with Gasteiger partial charge in [0.05, 0.1) is 26.4 Å². The second kappa shape index (κ2) is 74.5. The minimum absolute atomic E-state index is 0.103. The van der Waals surface area contributed by atoms with E-state index in [4.69, 9.17) is 37.0 Å². The van der Waals surface area contributed by atoms with E-state index in [1.54, 1.807) is 0 Å². The van der Waals surface area contributed by atoms with Gasteiger partial charge in [-0.25, -0.2) is 9.13 Å². The predicted molar refractivity (Wildman–Crippen MR) is 418 cm³/mol. The van der Waals surface area contributed by atoms with E-state index in [9.17, 15) is 43.2 Å². The van der Waals surface area contributed by atoms with Crippen LogP contribution >= 0.6 is 15.6 Å². The minimum atomic E-state index is -4.96. The number of ether oxygens (including phenoxy) is 4. The molecular weight excluding hydrogens is 1330 g/mol. The smallest absolute Gasteiger partial charge is 0.462 e. The molecule has 0 bridgehead atoms. The number of unbranched alkanes of at least 4 members (excludes halogenated alkanes) is 52. The zero-order valence-electron chi connectivity index (χ0n) is 66.9. The predicted octanol–water partition coefficient (Wildman–Crippen LogP) is 25.1. The van der Waals surface area contributed by atoms with Gasteiger partial charge in [0.2, 0.25) is 0 Å². The summed E-state index contributed by atoms with van der Waals surface area (Å²) in [6.45, 7) is 9.51. The molecule has 0 saturated heterocycles. The van der Waals surface area contributed by atoms with Crippen molar-refractivity contribution in [3.8, 4) is 0 Å². The van der Waals surface area contributed by atoms with Crippen molar-refractivity contribution in [3.63, 3.8) is 0 Å². The van der Waals surface area contributed by atoms with E-state index in [2.05, 4.69) is 41.5 Å². The van der Waals surface area contributed by atoms with Crippen LogP contribution in [0.2, 0.25) is 0 Å². The first kappa shape index (κ1) is 100. The summed E-state index contributed by atoms with van der Waals surface area (Å²) < 4.78 is 68.7. The van der Waals surface area contributed by atoms with Gasteiger partial charge in [-0.15, -0.1) is 0 Å². The van der Waals surface area contributed by atoms with E-state index in [0.717, 1.165) is 96.3 Å². The van der Waals surface area contributed by atoms with Crippen LogP contribution < -0.4 is 0 Å². The number of carbonyl (C=O) groups excluding carboxylic acids is 4. The lowest BCUT2D eigenvalue weighted by atomic mass is 10.0. The summed E-state index contributed by atoms with van der Waals surface area (Å²) in [5.74, 6) is -0.712. The van der Waals surface area contributed by atoms with Crippen molar-refractivity contribution in [2.45, 2.75) is 458 Å². The van der Waals surface area contributed by atoms with E-state index in [1.807, 2.05) is 0 Å². The maximum absolute atomic E-state index is 13.1. The largest absolute Gasteiger partial charge is 0.472 e. The second-order valence-corrected chi connectivity index (χ2v) is 33.7. The maximum Gasteiger partial charge on any atom is 0.472 e. The lowest BCUT2D eigenvalue weighted by molar-refractivity contribution is -0.161. The molecule has 606 valence electrons. The Bertz CT molecular complexity index is 1960. The van der Waals surface area contributed by atoms with Gasteiger partial charge in [0.15, 0.2) is 12.2 Å². The average Bonchev–Trinajstić information content (AvgIpc) is 0.923. The highest BCUT2D eigenvalue weighted by atomic mass is 31.2. The van der Waals surface area contributed by atoms with Gasteiger partial charge in [-0.2, -0.15) is 0 Å². The third kappa shape index (κ3) is 76.3. The zero-order chi connectivity index (χ0) is 74.9. The molecule has 0 aliphatic rings. The normalized spacial score (nSPS) is 13.9. The topological polar surface area (TPSA) is 237 Å². The standard InChI is InChI=1S/C83H162O17P2/c1-7-9-11-13-15-17-19-21-23-25-27-29-31-33-35-37-39-41-47-53-59-65-80(85)93-71-78(99-82(87)67-61-55-48-42-40-38-36-34-32-30-28-26-24-22-20-18-16-14-12-10-8-2)73-97-101(89,90)95-69-77(84)70-96-102(91,92)98-74-79(100-83(88)68-62-56-50-44-46-52-58-64-76(5)6)72-94-81(86)66-60-54-49-43-45-51-57-63-75(3)4/h75-79,84H,7-74H2,1-6H3,(H,89,90)(H,91,92)/t77-,78-,79-/m1/s1. The number of hydrogen-bond acceptors (Lipinski definition) is 15. The summed E-state index contributed by atoms with van der Waals surface area (Å²) in [6.07, 6.45) is 65.8. The molecule has 0 heterocycles. The van der Waals surface area contributed by atoms with Crippen molar-refractivity contribution in [2.24, 2.45) is 11.8 Å². The molecule has 0 rings (SSSR count). The molecule has 0 aromatic heterocycles. The lowest BCUT2D eigenvalue weighted by Crippen LogP contribution is -2.30. The highest BCUT2D eigenvalue weighted by Gasteiger charge is 2.30. The Morgan fingerprint density at radius 3 is 0.667 bits per heavy atom. The summed E-state index contributed by atoms with van der Waals surface area (Å²) in [7, 11) is -9.92. The molecule has 19 heteroatoms. The van der Waals surface area contributed by atoms with E-state index in [1.165, 1.54) is 250 Å². The molecule has 3 N–H and O–H groups in total. The molecule has 102 heavy (non-hydrogen) atoms. The number of carbonyl (C=O) groups is 4. The van der Waals surface area contributed by atoms with Gasteiger partial charge in [-0.1, -0.05) is 388 Å². The first-order valence-electron chi connectivity index (χ1n) is 43.0. The Morgan fingerprint density at radius 1 is 0.265 bits per heavy atom. The molecular formula is C83H162O17P2. The first-order valence-corrected chi connectivity index (χ1v) is 46.0. The summed E-state index contributed by atoms with van der Waals surface area (Å²) in [5, 5.41) is 10.6. The number of phosphoric acid groups is 2. The van der Waals surface area contributed by atoms with Crippen LogP contribution in [0.25, 0.3) is 0 Å². The number of hydrogen-bond donors (Lipinski definition) is 3. The Labute approximate surface area is 626 Å². The third-order valence-corrected chi connectivity index (χ3v) is 21.4. The molecule has 0 fully saturated rings. The Balaban J connectivity index is 5.17. The van der Waals surface area contributed by atoms with Crippen LogP contribution in [-0.4, -0.2) is 96.7 Å². The fraction of sp³-hybridized carbons (Fsp3) is 0.952. The van der Waals surface area contributed by atoms with Crippen LogP contribution in [0.15, 0.2) is 0 Å². The Morgan fingerprint density at radius 2 is 0.451 bits per heavy atom. The van der Waals surface area contributed by atoms with Crippen molar-refractivity contribution < 1.29 is 80.2 Å². The fourth-order valence-electron chi connectivity index (χ4n) is 12.9.